The first-order chi connectivity index (χ1) is 9.78. The molecule has 0 unspecified atom stereocenters. The Bertz CT molecular complexity index is 409. The number of carbonyl (C=O) groups excluding carboxylic acids is 1. The van der Waals surface area contributed by atoms with E-state index in [4.69, 9.17) is 4.42 Å². The summed E-state index contributed by atoms with van der Waals surface area (Å²) in [6.45, 7) is 2.84. The van der Waals surface area contributed by atoms with Crippen molar-refractivity contribution in [3.05, 3.63) is 17.8 Å². The Labute approximate surface area is 120 Å². The summed E-state index contributed by atoms with van der Waals surface area (Å²) in [7, 11) is 0. The topological polar surface area (TPSA) is 67.2 Å². The third-order valence-corrected chi connectivity index (χ3v) is 3.73. The summed E-state index contributed by atoms with van der Waals surface area (Å²) in [5.41, 5.74) is 0. The lowest BCUT2D eigenvalue weighted by Gasteiger charge is -2.16. The van der Waals surface area contributed by atoms with Crippen LogP contribution in [0.4, 0.5) is 0 Å². The number of oxazole rings is 1. The smallest absolute Gasteiger partial charge is 0.234 e. The maximum absolute atomic E-state index is 11.9. The van der Waals surface area contributed by atoms with Gasteiger partial charge in [0.1, 0.15) is 5.76 Å². The first-order valence-corrected chi connectivity index (χ1v) is 7.71. The van der Waals surface area contributed by atoms with Crippen molar-refractivity contribution >= 4 is 5.91 Å². The Morgan fingerprint density at radius 1 is 1.35 bits per heavy atom. The van der Waals surface area contributed by atoms with Crippen LogP contribution in [0.3, 0.4) is 0 Å². The second kappa shape index (κ2) is 8.04. The minimum Gasteiger partial charge on any atom is -0.444 e. The van der Waals surface area contributed by atoms with E-state index in [-0.39, 0.29) is 5.91 Å². The predicted octanol–water partition coefficient (Wildman–Crippen LogP) is 2.17. The molecule has 1 aromatic rings. The number of aryl methyl sites for hydroxylation is 1. The van der Waals surface area contributed by atoms with Crippen molar-refractivity contribution in [2.24, 2.45) is 0 Å². The van der Waals surface area contributed by atoms with Gasteiger partial charge in [0.15, 0.2) is 0 Å². The van der Waals surface area contributed by atoms with Crippen LogP contribution in [0.2, 0.25) is 0 Å². The standard InChI is InChI=1S/C15H25N3O2/c1-2-13-9-17-15(20-13)11-16-10-14(19)18-12-7-5-3-4-6-8-12/h9,12,16H,2-8,10-11H2,1H3,(H,18,19). The predicted molar refractivity (Wildman–Crippen MR) is 77.2 cm³/mol. The average Bonchev–Trinajstić information content (AvgIpc) is 2.75. The van der Waals surface area contributed by atoms with Crippen molar-refractivity contribution in [2.45, 2.75) is 64.5 Å². The van der Waals surface area contributed by atoms with Crippen molar-refractivity contribution in [3.63, 3.8) is 0 Å². The van der Waals surface area contributed by atoms with Crippen LogP contribution in [0, 0.1) is 0 Å². The van der Waals surface area contributed by atoms with Crippen molar-refractivity contribution in [1.82, 2.24) is 15.6 Å². The SMILES string of the molecule is CCc1cnc(CNCC(=O)NC2CCCCCC2)o1. The van der Waals surface area contributed by atoms with E-state index in [0.717, 1.165) is 25.0 Å². The second-order valence-electron chi connectivity index (χ2n) is 5.43. The largest absolute Gasteiger partial charge is 0.444 e. The molecule has 0 atom stereocenters. The molecule has 5 heteroatoms. The van der Waals surface area contributed by atoms with Gasteiger partial charge in [-0.05, 0) is 12.8 Å². The van der Waals surface area contributed by atoms with Gasteiger partial charge in [0.2, 0.25) is 11.8 Å². The first-order valence-electron chi connectivity index (χ1n) is 7.71. The molecule has 0 aromatic carbocycles. The van der Waals surface area contributed by atoms with E-state index in [1.165, 1.54) is 25.7 Å². The molecule has 1 fully saturated rings. The summed E-state index contributed by atoms with van der Waals surface area (Å²) in [5, 5.41) is 6.18. The summed E-state index contributed by atoms with van der Waals surface area (Å²) in [4.78, 5) is 16.0. The van der Waals surface area contributed by atoms with Crippen LogP contribution in [-0.2, 0) is 17.8 Å². The molecule has 20 heavy (non-hydrogen) atoms. The van der Waals surface area contributed by atoms with E-state index in [0.29, 0.717) is 25.0 Å². The molecule has 0 aliphatic heterocycles. The Balaban J connectivity index is 1.64. The van der Waals surface area contributed by atoms with Crippen molar-refractivity contribution < 1.29 is 9.21 Å². The molecule has 0 spiro atoms. The fourth-order valence-electron chi connectivity index (χ4n) is 2.58. The number of amides is 1. The van der Waals surface area contributed by atoms with E-state index in [9.17, 15) is 4.79 Å². The van der Waals surface area contributed by atoms with Crippen LogP contribution in [0.5, 0.6) is 0 Å². The number of nitrogens with one attached hydrogen (secondary N) is 2. The fourth-order valence-corrected chi connectivity index (χ4v) is 2.58. The highest BCUT2D eigenvalue weighted by Gasteiger charge is 2.14. The summed E-state index contributed by atoms with van der Waals surface area (Å²) in [6, 6.07) is 0.361. The molecule has 1 heterocycles. The Kier molecular flexibility index (Phi) is 6.05. The van der Waals surface area contributed by atoms with E-state index >= 15 is 0 Å². The highest BCUT2D eigenvalue weighted by molar-refractivity contribution is 5.78. The lowest BCUT2D eigenvalue weighted by molar-refractivity contribution is -0.121. The van der Waals surface area contributed by atoms with Gasteiger partial charge in [-0.2, -0.15) is 0 Å². The van der Waals surface area contributed by atoms with Crippen LogP contribution in [0.25, 0.3) is 0 Å². The molecule has 2 rings (SSSR count). The summed E-state index contributed by atoms with van der Waals surface area (Å²) >= 11 is 0. The van der Waals surface area contributed by atoms with Gasteiger partial charge in [-0.15, -0.1) is 0 Å². The zero-order valence-electron chi connectivity index (χ0n) is 12.3. The van der Waals surface area contributed by atoms with Gasteiger partial charge >= 0.3 is 0 Å². The average molecular weight is 279 g/mol. The number of hydrogen-bond acceptors (Lipinski definition) is 4. The number of aromatic nitrogens is 1. The maximum Gasteiger partial charge on any atom is 0.234 e. The third kappa shape index (κ3) is 4.96. The van der Waals surface area contributed by atoms with E-state index in [2.05, 4.69) is 15.6 Å². The summed E-state index contributed by atoms with van der Waals surface area (Å²) < 4.78 is 5.48. The van der Waals surface area contributed by atoms with Gasteiger partial charge in [0.05, 0.1) is 19.3 Å². The molecule has 2 N–H and O–H groups in total. The number of nitrogens with zero attached hydrogens (tertiary/aromatic N) is 1. The first kappa shape index (κ1) is 15.0. The van der Waals surface area contributed by atoms with Gasteiger partial charge in [-0.1, -0.05) is 32.6 Å². The van der Waals surface area contributed by atoms with Crippen LogP contribution in [-0.4, -0.2) is 23.5 Å². The third-order valence-electron chi connectivity index (χ3n) is 3.73. The fraction of sp³-hybridized carbons (Fsp3) is 0.733. The molecular formula is C15H25N3O2. The molecule has 0 radical (unpaired) electrons. The molecule has 1 aliphatic rings. The molecule has 0 saturated heterocycles. The molecule has 5 nitrogen and oxygen atoms in total. The van der Waals surface area contributed by atoms with E-state index in [1.54, 1.807) is 6.20 Å². The van der Waals surface area contributed by atoms with Crippen molar-refractivity contribution in [2.75, 3.05) is 6.54 Å². The maximum atomic E-state index is 11.9. The highest BCUT2D eigenvalue weighted by atomic mass is 16.4. The normalized spacial score (nSPS) is 16.9. The van der Waals surface area contributed by atoms with Gasteiger partial charge < -0.3 is 9.73 Å². The van der Waals surface area contributed by atoms with Gasteiger partial charge in [-0.25, -0.2) is 4.98 Å². The molecule has 1 aliphatic carbocycles. The van der Waals surface area contributed by atoms with Gasteiger partial charge in [0, 0.05) is 12.5 Å². The number of hydrogen-bond donors (Lipinski definition) is 2. The zero-order chi connectivity index (χ0) is 14.2. The molecule has 112 valence electrons. The molecular weight excluding hydrogens is 254 g/mol. The van der Waals surface area contributed by atoms with E-state index < -0.39 is 0 Å². The van der Waals surface area contributed by atoms with Crippen LogP contribution < -0.4 is 10.6 Å². The molecule has 0 bridgehead atoms. The lowest BCUT2D eigenvalue weighted by Crippen LogP contribution is -2.40. The molecule has 1 saturated carbocycles. The number of carbonyl (C=O) groups is 1. The quantitative estimate of drug-likeness (QED) is 0.783. The van der Waals surface area contributed by atoms with Gasteiger partial charge in [-0.3, -0.25) is 10.1 Å². The zero-order valence-corrected chi connectivity index (χ0v) is 12.3. The van der Waals surface area contributed by atoms with Crippen LogP contribution in [0.15, 0.2) is 10.6 Å². The lowest BCUT2D eigenvalue weighted by atomic mass is 10.1. The van der Waals surface area contributed by atoms with Crippen molar-refractivity contribution in [3.8, 4) is 0 Å². The number of rotatable bonds is 6. The highest BCUT2D eigenvalue weighted by Crippen LogP contribution is 2.16. The van der Waals surface area contributed by atoms with Crippen LogP contribution >= 0.6 is 0 Å². The minimum absolute atomic E-state index is 0.0687. The van der Waals surface area contributed by atoms with Crippen molar-refractivity contribution in [1.29, 1.82) is 0 Å². The second-order valence-corrected chi connectivity index (χ2v) is 5.43. The molecule has 1 amide bonds. The Morgan fingerprint density at radius 3 is 2.75 bits per heavy atom. The van der Waals surface area contributed by atoms with E-state index in [1.807, 2.05) is 6.92 Å². The Hall–Kier alpha value is -1.36. The summed E-state index contributed by atoms with van der Waals surface area (Å²) in [5.74, 6) is 1.59. The molecule has 1 aromatic heterocycles. The van der Waals surface area contributed by atoms with Gasteiger partial charge in [0.25, 0.3) is 0 Å². The van der Waals surface area contributed by atoms with Crippen LogP contribution in [0.1, 0.15) is 57.1 Å². The Morgan fingerprint density at radius 2 is 2.10 bits per heavy atom. The summed E-state index contributed by atoms with van der Waals surface area (Å²) in [6.07, 6.45) is 9.88. The monoisotopic (exact) mass is 279 g/mol. The minimum atomic E-state index is 0.0687.